The van der Waals surface area contributed by atoms with E-state index in [0.29, 0.717) is 12.0 Å². The summed E-state index contributed by atoms with van der Waals surface area (Å²) in [6, 6.07) is 0.806. The normalized spacial score (nSPS) is 19.4. The van der Waals surface area contributed by atoms with Crippen LogP contribution in [0.2, 0.25) is 0 Å². The summed E-state index contributed by atoms with van der Waals surface area (Å²) >= 11 is 0. The molecule has 0 spiro atoms. The number of nitrogens with one attached hydrogen (secondary N) is 3. The summed E-state index contributed by atoms with van der Waals surface area (Å²) in [4.78, 5) is 107. The van der Waals surface area contributed by atoms with Crippen LogP contribution in [0.3, 0.4) is 0 Å². The number of hydrogen-bond donors (Lipinski definition) is 8. The van der Waals surface area contributed by atoms with E-state index in [2.05, 4.69) is 20.5 Å². The van der Waals surface area contributed by atoms with Crippen LogP contribution < -0.4 is 20.5 Å². The fourth-order valence-corrected chi connectivity index (χ4v) is 5.49. The molecule has 0 saturated heterocycles. The summed E-state index contributed by atoms with van der Waals surface area (Å²) in [6.45, 7) is 3.27. The van der Waals surface area contributed by atoms with Gasteiger partial charge in [-0.3, -0.25) is 38.6 Å². The zero-order valence-electron chi connectivity index (χ0n) is 26.7. The van der Waals surface area contributed by atoms with E-state index in [1.54, 1.807) is 13.8 Å². The van der Waals surface area contributed by atoms with Crippen molar-refractivity contribution in [3.63, 3.8) is 0 Å². The summed E-state index contributed by atoms with van der Waals surface area (Å²) in [5.74, 6) is -10.7. The molecule has 1 aliphatic rings. The first-order chi connectivity index (χ1) is 22.3. The second-order valence-electron chi connectivity index (χ2n) is 11.7. The first-order valence-electron chi connectivity index (χ1n) is 14.9. The molecule has 48 heavy (non-hydrogen) atoms. The van der Waals surface area contributed by atoms with E-state index in [0.717, 1.165) is 0 Å². The van der Waals surface area contributed by atoms with Gasteiger partial charge in [-0.05, 0) is 36.5 Å². The third kappa shape index (κ3) is 11.6. The summed E-state index contributed by atoms with van der Waals surface area (Å²) in [6.07, 6.45) is -1.73. The Hall–Kier alpha value is -4.54. The zero-order valence-corrected chi connectivity index (χ0v) is 27.6. The maximum Gasteiger partial charge on any atom is 0.524 e. The molecule has 18 nitrogen and oxygen atoms in total. The van der Waals surface area contributed by atoms with Crippen LogP contribution in [-0.4, -0.2) is 104 Å². The van der Waals surface area contributed by atoms with Gasteiger partial charge in [-0.15, -0.1) is 0 Å². The number of carbonyl (C=O) groups is 7. The lowest BCUT2D eigenvalue weighted by atomic mass is 9.98. The Morgan fingerprint density at radius 1 is 0.833 bits per heavy atom. The minimum Gasteiger partial charge on any atom is -0.481 e. The highest BCUT2D eigenvalue weighted by Gasteiger charge is 2.60. The maximum absolute atomic E-state index is 13.5. The Morgan fingerprint density at radius 2 is 1.33 bits per heavy atom. The van der Waals surface area contributed by atoms with Crippen LogP contribution in [0.15, 0.2) is 24.3 Å². The van der Waals surface area contributed by atoms with Gasteiger partial charge in [0.05, 0.1) is 11.8 Å². The van der Waals surface area contributed by atoms with Crippen molar-refractivity contribution < 1.29 is 67.8 Å². The maximum atomic E-state index is 13.5. The fourth-order valence-electron chi connectivity index (χ4n) is 5.10. The fraction of sp³-hybridized carbons (Fsp3) is 0.552. The van der Waals surface area contributed by atoms with Crippen LogP contribution in [0.25, 0.3) is 0 Å². The SMILES string of the molecule is CC[C@H](C)[C@H](NC(=O)[C@H](CCC(=O)O)NC(=O)[C@H](CCC(=O)O)NC(=O)[C@H]1[C@H](C(=O)N(C)C)[C@@H]1c1ccc(OP(=O)(O)O)cc1)C(=O)O. The number of phosphoric acid groups is 1. The Kier molecular flexibility index (Phi) is 14.1. The molecule has 0 heterocycles. The number of phosphoric ester groups is 1. The van der Waals surface area contributed by atoms with Gasteiger partial charge in [-0.25, -0.2) is 9.36 Å². The highest BCUT2D eigenvalue weighted by atomic mass is 31.2. The minimum absolute atomic E-state index is 0.171. The number of hydrogen-bond acceptors (Lipinski definition) is 9. The topological polar surface area (TPSA) is 286 Å². The van der Waals surface area contributed by atoms with E-state index in [1.807, 2.05) is 0 Å². The predicted molar refractivity (Wildman–Crippen MR) is 164 cm³/mol. The van der Waals surface area contributed by atoms with Crippen LogP contribution in [0.1, 0.15) is 57.4 Å². The monoisotopic (exact) mass is 700 g/mol. The molecule has 0 aromatic heterocycles. The molecule has 1 fully saturated rings. The quantitative estimate of drug-likeness (QED) is 0.0875. The van der Waals surface area contributed by atoms with E-state index in [-0.39, 0.29) is 5.75 Å². The third-order valence-electron chi connectivity index (χ3n) is 7.87. The number of carboxylic acid groups (broad SMARTS) is 3. The second kappa shape index (κ2) is 17.0. The van der Waals surface area contributed by atoms with E-state index >= 15 is 0 Å². The number of rotatable bonds is 19. The van der Waals surface area contributed by atoms with Crippen LogP contribution in [0.5, 0.6) is 5.75 Å². The standard InChI is InChI=1S/C29H41N4O14P/c1-5-14(2)24(29(42)43)32-26(39)18(11-13-20(36)37)30-25(38)17(10-12-19(34)35)31-27(40)22-21(23(22)28(41)33(3)4)15-6-8-16(9-7-15)47-48(44,45)46/h6-9,14,17-18,21-24H,5,10-13H2,1-4H3,(H,30,38)(H,31,40)(H,32,39)(H,34,35)(H,36,37)(H,42,43)(H2,44,45,46)/t14-,17-,18-,21+,22+,23+,24-/m0/s1. The van der Waals surface area contributed by atoms with Crippen molar-refractivity contribution in [2.75, 3.05) is 14.1 Å². The number of aliphatic carboxylic acids is 3. The molecule has 1 aliphatic carbocycles. The van der Waals surface area contributed by atoms with Crippen LogP contribution in [0, 0.1) is 17.8 Å². The van der Waals surface area contributed by atoms with E-state index < -0.39 is 117 Å². The highest BCUT2D eigenvalue weighted by Crippen LogP contribution is 2.55. The van der Waals surface area contributed by atoms with Gasteiger partial charge in [0.25, 0.3) is 0 Å². The number of nitrogens with zero attached hydrogens (tertiary/aromatic N) is 1. The molecule has 0 radical (unpaired) electrons. The largest absolute Gasteiger partial charge is 0.524 e. The highest BCUT2D eigenvalue weighted by molar-refractivity contribution is 7.46. The Balaban J connectivity index is 2.33. The lowest BCUT2D eigenvalue weighted by molar-refractivity contribution is -0.144. The Morgan fingerprint density at radius 3 is 1.77 bits per heavy atom. The van der Waals surface area contributed by atoms with Gasteiger partial charge in [0.2, 0.25) is 23.6 Å². The van der Waals surface area contributed by atoms with E-state index in [4.69, 9.17) is 9.79 Å². The van der Waals surface area contributed by atoms with Gasteiger partial charge in [-0.2, -0.15) is 0 Å². The van der Waals surface area contributed by atoms with Crippen molar-refractivity contribution in [2.45, 2.75) is 70.0 Å². The predicted octanol–water partition coefficient (Wildman–Crippen LogP) is -0.109. The molecule has 266 valence electrons. The van der Waals surface area contributed by atoms with Crippen LogP contribution in [-0.2, 0) is 38.1 Å². The molecule has 7 atom stereocenters. The first kappa shape index (κ1) is 39.6. The average Bonchev–Trinajstić information content (AvgIpc) is 3.73. The van der Waals surface area contributed by atoms with Gasteiger partial charge >= 0.3 is 25.7 Å². The molecule has 0 aliphatic heterocycles. The zero-order chi connectivity index (χ0) is 36.5. The van der Waals surface area contributed by atoms with Gasteiger partial charge < -0.3 is 40.7 Å². The van der Waals surface area contributed by atoms with Crippen molar-refractivity contribution in [3.05, 3.63) is 29.8 Å². The second-order valence-corrected chi connectivity index (χ2v) is 12.8. The summed E-state index contributed by atoms with van der Waals surface area (Å²) in [5, 5.41) is 35.1. The molecular weight excluding hydrogens is 659 g/mol. The third-order valence-corrected chi connectivity index (χ3v) is 8.32. The van der Waals surface area contributed by atoms with Gasteiger partial charge in [0.15, 0.2) is 0 Å². The van der Waals surface area contributed by atoms with Crippen LogP contribution >= 0.6 is 7.82 Å². The number of benzene rings is 1. The molecule has 4 amide bonds. The van der Waals surface area contributed by atoms with Gasteiger partial charge in [-0.1, -0.05) is 32.4 Å². The smallest absolute Gasteiger partial charge is 0.481 e. The van der Waals surface area contributed by atoms with Crippen molar-refractivity contribution in [3.8, 4) is 5.75 Å². The minimum atomic E-state index is -4.85. The molecule has 8 N–H and O–H groups in total. The van der Waals surface area contributed by atoms with Crippen molar-refractivity contribution in [1.82, 2.24) is 20.9 Å². The lowest BCUT2D eigenvalue weighted by Gasteiger charge is -2.26. The molecule has 0 unspecified atom stereocenters. The summed E-state index contributed by atoms with van der Waals surface area (Å²) < 4.78 is 15.7. The van der Waals surface area contributed by atoms with E-state index in [1.165, 1.54) is 43.3 Å². The van der Waals surface area contributed by atoms with Crippen molar-refractivity contribution in [1.29, 1.82) is 0 Å². The van der Waals surface area contributed by atoms with Gasteiger partial charge in [0, 0.05) is 32.9 Å². The van der Waals surface area contributed by atoms with Crippen molar-refractivity contribution >= 4 is 49.4 Å². The lowest BCUT2D eigenvalue weighted by Crippen LogP contribution is -2.57. The van der Waals surface area contributed by atoms with Crippen molar-refractivity contribution in [2.24, 2.45) is 17.8 Å². The molecule has 2 rings (SSSR count). The molecule has 1 saturated carbocycles. The van der Waals surface area contributed by atoms with Gasteiger partial charge in [0.1, 0.15) is 23.9 Å². The number of amides is 4. The Bertz CT molecular complexity index is 1430. The molecule has 0 bridgehead atoms. The van der Waals surface area contributed by atoms with E-state index in [9.17, 15) is 53.4 Å². The number of carbonyl (C=O) groups excluding carboxylic acids is 4. The molecule has 1 aromatic rings. The first-order valence-corrected chi connectivity index (χ1v) is 16.4. The Labute approximate surface area is 275 Å². The summed E-state index contributed by atoms with van der Waals surface area (Å²) in [7, 11) is -1.92. The summed E-state index contributed by atoms with van der Waals surface area (Å²) in [5.41, 5.74) is 0.430. The molecule has 19 heteroatoms. The average molecular weight is 701 g/mol. The number of carboxylic acids is 3. The molecule has 1 aromatic carbocycles. The molecular formula is C29H41N4O14P. The van der Waals surface area contributed by atoms with Crippen LogP contribution in [0.4, 0.5) is 0 Å².